The van der Waals surface area contributed by atoms with Crippen LogP contribution in [0.2, 0.25) is 0 Å². The molecule has 1 amide bonds. The molecule has 0 aromatic carbocycles. The Morgan fingerprint density at radius 1 is 1.26 bits per heavy atom. The molecule has 0 saturated carbocycles. The monoisotopic (exact) mass is 377 g/mol. The van der Waals surface area contributed by atoms with E-state index in [4.69, 9.17) is 9.47 Å². The van der Waals surface area contributed by atoms with Crippen LogP contribution in [0.5, 0.6) is 0 Å². The number of rotatable bonds is 2. The minimum Gasteiger partial charge on any atom is -0.465 e. The molecule has 0 spiro atoms. The van der Waals surface area contributed by atoms with Crippen LogP contribution in [0.15, 0.2) is 0 Å². The minimum atomic E-state index is -0.802. The van der Waals surface area contributed by atoms with Gasteiger partial charge in [0.15, 0.2) is 5.78 Å². The zero-order chi connectivity index (χ0) is 19.8. The van der Waals surface area contributed by atoms with Crippen molar-refractivity contribution >= 4 is 17.8 Å². The van der Waals surface area contributed by atoms with Gasteiger partial charge in [-0.1, -0.05) is 0 Å². The van der Waals surface area contributed by atoms with Crippen LogP contribution in [0.25, 0.3) is 0 Å². The van der Waals surface area contributed by atoms with Gasteiger partial charge in [-0.05, 0) is 40.5 Å². The van der Waals surface area contributed by atoms with Crippen LogP contribution in [0.3, 0.4) is 0 Å². The lowest BCUT2D eigenvalue weighted by Gasteiger charge is -2.30. The summed E-state index contributed by atoms with van der Waals surface area (Å²) in [6.45, 7) is 8.76. The van der Waals surface area contributed by atoms with Crippen LogP contribution in [-0.4, -0.2) is 51.3 Å². The molecule has 1 aromatic rings. The van der Waals surface area contributed by atoms with Gasteiger partial charge in [0.25, 0.3) is 0 Å². The van der Waals surface area contributed by atoms with E-state index >= 15 is 0 Å². The van der Waals surface area contributed by atoms with Crippen LogP contribution in [-0.2, 0) is 33.8 Å². The molecule has 1 unspecified atom stereocenters. The molecule has 0 N–H and O–H groups in total. The van der Waals surface area contributed by atoms with Gasteiger partial charge >= 0.3 is 12.1 Å². The van der Waals surface area contributed by atoms with E-state index in [1.54, 1.807) is 16.5 Å². The van der Waals surface area contributed by atoms with Crippen molar-refractivity contribution in [2.24, 2.45) is 5.92 Å². The summed E-state index contributed by atoms with van der Waals surface area (Å²) in [7, 11) is 0. The van der Waals surface area contributed by atoms with Crippen molar-refractivity contribution in [2.75, 3.05) is 13.2 Å². The quantitative estimate of drug-likeness (QED) is 0.580. The number of ether oxygens (including phenoxy) is 2. The highest BCUT2D eigenvalue weighted by Crippen LogP contribution is 2.29. The van der Waals surface area contributed by atoms with E-state index in [0.29, 0.717) is 38.0 Å². The summed E-state index contributed by atoms with van der Waals surface area (Å²) in [4.78, 5) is 39.4. The summed E-state index contributed by atoms with van der Waals surface area (Å²) in [6.07, 6.45) is 1.28. The van der Waals surface area contributed by atoms with Crippen LogP contribution in [0, 0.1) is 5.92 Å². The first-order valence-electron chi connectivity index (χ1n) is 9.48. The highest BCUT2D eigenvalue weighted by atomic mass is 16.6. The number of carbonyl (C=O) groups excluding carboxylic acids is 3. The lowest BCUT2D eigenvalue weighted by Crippen LogP contribution is -2.40. The molecular formula is C19H27N3O5. The van der Waals surface area contributed by atoms with E-state index in [9.17, 15) is 14.4 Å². The lowest BCUT2D eigenvalue weighted by atomic mass is 9.94. The van der Waals surface area contributed by atoms with Gasteiger partial charge in [-0.15, -0.1) is 0 Å². The molecule has 3 heterocycles. The maximum atomic E-state index is 13.1. The van der Waals surface area contributed by atoms with Crippen molar-refractivity contribution in [3.63, 3.8) is 0 Å². The fourth-order valence-corrected chi connectivity index (χ4v) is 3.56. The van der Waals surface area contributed by atoms with Crippen molar-refractivity contribution in [3.05, 3.63) is 17.0 Å². The zero-order valence-corrected chi connectivity index (χ0v) is 16.4. The number of ketones is 1. The summed E-state index contributed by atoms with van der Waals surface area (Å²) >= 11 is 0. The number of hydrogen-bond donors (Lipinski definition) is 0. The van der Waals surface area contributed by atoms with E-state index in [0.717, 1.165) is 11.3 Å². The average molecular weight is 377 g/mol. The van der Waals surface area contributed by atoms with E-state index < -0.39 is 23.6 Å². The number of esters is 1. The number of aromatic nitrogens is 2. The highest BCUT2D eigenvalue weighted by Gasteiger charge is 2.38. The van der Waals surface area contributed by atoms with Gasteiger partial charge in [-0.25, -0.2) is 4.79 Å². The first-order valence-corrected chi connectivity index (χ1v) is 9.48. The molecule has 27 heavy (non-hydrogen) atoms. The second-order valence-corrected chi connectivity index (χ2v) is 7.96. The van der Waals surface area contributed by atoms with E-state index in [1.807, 2.05) is 20.8 Å². The summed E-state index contributed by atoms with van der Waals surface area (Å²) < 4.78 is 12.2. The fraction of sp³-hybridized carbons (Fsp3) is 0.684. The molecular weight excluding hydrogens is 350 g/mol. The Labute approximate surface area is 158 Å². The van der Waals surface area contributed by atoms with Crippen molar-refractivity contribution in [3.8, 4) is 0 Å². The standard InChI is InChI=1S/C19H27N3O5/c1-5-26-17(24)12-7-6-9-22-15(16(12)23)13-11-21(10-8-14(13)20-22)18(25)27-19(2,3)4/h12H,5-11H2,1-4H3. The van der Waals surface area contributed by atoms with Gasteiger partial charge < -0.3 is 14.4 Å². The fourth-order valence-electron chi connectivity index (χ4n) is 3.56. The molecule has 0 saturated heterocycles. The van der Waals surface area contributed by atoms with Crippen molar-refractivity contribution in [1.29, 1.82) is 0 Å². The van der Waals surface area contributed by atoms with Gasteiger partial charge in [-0.3, -0.25) is 14.3 Å². The van der Waals surface area contributed by atoms with E-state index in [1.165, 1.54) is 0 Å². The molecule has 3 rings (SSSR count). The molecule has 0 bridgehead atoms. The predicted molar refractivity (Wildman–Crippen MR) is 96.3 cm³/mol. The Balaban J connectivity index is 1.88. The summed E-state index contributed by atoms with van der Waals surface area (Å²) in [5.41, 5.74) is 1.41. The number of hydrogen-bond acceptors (Lipinski definition) is 6. The number of carbonyl (C=O) groups is 3. The van der Waals surface area contributed by atoms with Crippen molar-refractivity contribution < 1.29 is 23.9 Å². The SMILES string of the molecule is CCOC(=O)C1CCCn2nc3c(c2C1=O)CN(C(=O)OC(C)(C)C)CC3. The zero-order valence-electron chi connectivity index (χ0n) is 16.4. The van der Waals surface area contributed by atoms with E-state index in [-0.39, 0.29) is 18.9 Å². The summed E-state index contributed by atoms with van der Waals surface area (Å²) in [6, 6.07) is 0. The number of Topliss-reactive ketones (excluding diaryl/α,β-unsaturated/α-hetero) is 1. The first-order chi connectivity index (χ1) is 12.7. The maximum absolute atomic E-state index is 13.1. The smallest absolute Gasteiger partial charge is 0.410 e. The van der Waals surface area contributed by atoms with Crippen molar-refractivity contribution in [2.45, 2.75) is 65.6 Å². The Bertz CT molecular complexity index is 762. The van der Waals surface area contributed by atoms with Crippen LogP contribution in [0.4, 0.5) is 4.79 Å². The maximum Gasteiger partial charge on any atom is 0.410 e. The highest BCUT2D eigenvalue weighted by molar-refractivity contribution is 6.08. The first kappa shape index (κ1) is 19.4. The minimum absolute atomic E-state index is 0.242. The number of aryl methyl sites for hydroxylation is 1. The molecule has 8 nitrogen and oxygen atoms in total. The van der Waals surface area contributed by atoms with Gasteiger partial charge in [0.2, 0.25) is 0 Å². The molecule has 2 aliphatic rings. The summed E-state index contributed by atoms with van der Waals surface area (Å²) in [5.74, 6) is -1.54. The molecule has 148 valence electrons. The van der Waals surface area contributed by atoms with Gasteiger partial charge in [0.05, 0.1) is 18.8 Å². The normalized spacial score (nSPS) is 19.8. The Kier molecular flexibility index (Phi) is 5.26. The van der Waals surface area contributed by atoms with Crippen molar-refractivity contribution in [1.82, 2.24) is 14.7 Å². The van der Waals surface area contributed by atoms with Gasteiger partial charge in [0.1, 0.15) is 17.2 Å². The molecule has 0 aliphatic carbocycles. The van der Waals surface area contributed by atoms with Gasteiger partial charge in [0, 0.05) is 25.1 Å². The Hall–Kier alpha value is -2.38. The summed E-state index contributed by atoms with van der Waals surface area (Å²) in [5, 5.41) is 4.57. The molecule has 0 radical (unpaired) electrons. The topological polar surface area (TPSA) is 90.7 Å². The largest absolute Gasteiger partial charge is 0.465 e. The predicted octanol–water partition coefficient (Wildman–Crippen LogP) is 2.33. The van der Waals surface area contributed by atoms with Gasteiger partial charge in [-0.2, -0.15) is 5.10 Å². The third-order valence-corrected chi connectivity index (χ3v) is 4.74. The third kappa shape index (κ3) is 3.99. The number of fused-ring (bicyclic) bond motifs is 3. The Morgan fingerprint density at radius 2 is 2.00 bits per heavy atom. The molecule has 1 atom stereocenters. The second-order valence-electron chi connectivity index (χ2n) is 7.96. The molecule has 1 aromatic heterocycles. The van der Waals surface area contributed by atoms with E-state index in [2.05, 4.69) is 5.10 Å². The van der Waals surface area contributed by atoms with Crippen LogP contribution in [0.1, 0.15) is 62.3 Å². The molecule has 8 heteroatoms. The Morgan fingerprint density at radius 3 is 2.67 bits per heavy atom. The number of nitrogens with zero attached hydrogens (tertiary/aromatic N) is 3. The molecule has 2 aliphatic heterocycles. The van der Waals surface area contributed by atoms with Crippen LogP contribution < -0.4 is 0 Å². The second kappa shape index (κ2) is 7.32. The van der Waals surface area contributed by atoms with Crippen LogP contribution >= 0.6 is 0 Å². The average Bonchev–Trinajstić information content (AvgIpc) is 2.85. The third-order valence-electron chi connectivity index (χ3n) is 4.74. The lowest BCUT2D eigenvalue weighted by molar-refractivity contribution is -0.146. The molecule has 0 fully saturated rings. The number of amides is 1.